The van der Waals surface area contributed by atoms with Crippen LogP contribution in [0.1, 0.15) is 17.0 Å². The average molecular weight is 231 g/mol. The molecule has 1 heterocycles. The summed E-state index contributed by atoms with van der Waals surface area (Å²) in [6.45, 7) is 3.70. The molecule has 82 valence electrons. The zero-order valence-corrected chi connectivity index (χ0v) is 9.65. The first-order valence-electron chi connectivity index (χ1n) is 5.06. The van der Waals surface area contributed by atoms with Gasteiger partial charge in [-0.25, -0.2) is 4.98 Å². The van der Waals surface area contributed by atoms with Gasteiger partial charge in [-0.15, -0.1) is 17.9 Å². The van der Waals surface area contributed by atoms with Crippen molar-refractivity contribution in [2.24, 2.45) is 0 Å². The number of aromatic nitrogens is 1. The summed E-state index contributed by atoms with van der Waals surface area (Å²) in [5, 5.41) is 13.3. The molecule has 0 saturated carbocycles. The van der Waals surface area contributed by atoms with E-state index in [-0.39, 0.29) is 0 Å². The molecule has 0 aliphatic rings. The molecule has 2 rings (SSSR count). The first-order chi connectivity index (χ1) is 7.77. The van der Waals surface area contributed by atoms with Crippen molar-refractivity contribution in [3.63, 3.8) is 0 Å². The maximum Gasteiger partial charge on any atom is 0.144 e. The van der Waals surface area contributed by atoms with E-state index in [1.54, 1.807) is 12.3 Å². The van der Waals surface area contributed by atoms with Crippen molar-refractivity contribution in [3.8, 4) is 0 Å². The van der Waals surface area contributed by atoms with E-state index >= 15 is 0 Å². The fourth-order valence-electron chi connectivity index (χ4n) is 1.68. The molecule has 0 bridgehead atoms. The average Bonchev–Trinajstić information content (AvgIpc) is 2.84. The molecule has 2 nitrogen and oxygen atoms in total. The highest BCUT2D eigenvalue weighted by atomic mass is 32.1. The first-order valence-corrected chi connectivity index (χ1v) is 5.94. The van der Waals surface area contributed by atoms with E-state index in [0.717, 1.165) is 5.56 Å². The largest absolute Gasteiger partial charge is 0.378 e. The van der Waals surface area contributed by atoms with Crippen molar-refractivity contribution in [1.29, 1.82) is 0 Å². The van der Waals surface area contributed by atoms with Gasteiger partial charge >= 0.3 is 0 Å². The minimum absolute atomic E-state index is 0.463. The van der Waals surface area contributed by atoms with Gasteiger partial charge in [0.2, 0.25) is 0 Å². The Hall–Kier alpha value is -1.45. The van der Waals surface area contributed by atoms with Crippen molar-refractivity contribution in [1.82, 2.24) is 4.98 Å². The molecule has 0 radical (unpaired) electrons. The number of benzene rings is 1. The normalized spacial score (nSPS) is 14.3. The van der Waals surface area contributed by atoms with Crippen LogP contribution in [-0.4, -0.2) is 10.1 Å². The zero-order chi connectivity index (χ0) is 11.4. The summed E-state index contributed by atoms with van der Waals surface area (Å²) in [5.74, 6) is 0. The molecule has 3 heteroatoms. The molecule has 1 aromatic carbocycles. The van der Waals surface area contributed by atoms with Crippen molar-refractivity contribution in [2.45, 2.75) is 12.0 Å². The van der Waals surface area contributed by atoms with Crippen molar-refractivity contribution in [2.75, 3.05) is 0 Å². The minimum Gasteiger partial charge on any atom is -0.378 e. The van der Waals surface area contributed by atoms with Gasteiger partial charge in [0.1, 0.15) is 10.6 Å². The molecular weight excluding hydrogens is 218 g/mol. The van der Waals surface area contributed by atoms with Crippen LogP contribution < -0.4 is 0 Å². The summed E-state index contributed by atoms with van der Waals surface area (Å²) in [5.41, 5.74) is -0.193. The predicted octanol–water partition coefficient (Wildman–Crippen LogP) is 2.96. The van der Waals surface area contributed by atoms with Gasteiger partial charge in [0.15, 0.2) is 0 Å². The van der Waals surface area contributed by atoms with E-state index in [4.69, 9.17) is 0 Å². The standard InChI is InChI=1S/C13H13NOS/c1-2-8-13(15,12-14-9-10-16-12)11-6-4-3-5-7-11/h2-7,9-10,15H,1,8H2/t13-/m1/s1. The van der Waals surface area contributed by atoms with E-state index in [1.807, 2.05) is 35.7 Å². The second kappa shape index (κ2) is 4.60. The van der Waals surface area contributed by atoms with Crippen LogP contribution in [0.4, 0.5) is 0 Å². The highest BCUT2D eigenvalue weighted by molar-refractivity contribution is 7.09. The van der Waals surface area contributed by atoms with Gasteiger partial charge in [0.05, 0.1) is 0 Å². The van der Waals surface area contributed by atoms with Crippen LogP contribution in [0.3, 0.4) is 0 Å². The molecule has 0 unspecified atom stereocenters. The summed E-state index contributed by atoms with van der Waals surface area (Å²) >= 11 is 1.46. The van der Waals surface area contributed by atoms with Crippen molar-refractivity contribution in [3.05, 3.63) is 65.1 Å². The van der Waals surface area contributed by atoms with E-state index in [0.29, 0.717) is 11.4 Å². The van der Waals surface area contributed by atoms with Gasteiger partial charge in [0, 0.05) is 18.0 Å². The molecule has 1 aromatic heterocycles. The van der Waals surface area contributed by atoms with Crippen LogP contribution in [0.5, 0.6) is 0 Å². The Morgan fingerprint density at radius 3 is 2.69 bits per heavy atom. The number of hydrogen-bond donors (Lipinski definition) is 1. The number of rotatable bonds is 4. The lowest BCUT2D eigenvalue weighted by molar-refractivity contribution is 0.0839. The number of aliphatic hydroxyl groups is 1. The van der Waals surface area contributed by atoms with Crippen LogP contribution >= 0.6 is 11.3 Å². The van der Waals surface area contributed by atoms with Gasteiger partial charge in [-0.1, -0.05) is 36.4 Å². The molecule has 16 heavy (non-hydrogen) atoms. The molecule has 0 aliphatic carbocycles. The Morgan fingerprint density at radius 2 is 2.12 bits per heavy atom. The summed E-state index contributed by atoms with van der Waals surface area (Å²) in [6, 6.07) is 9.57. The molecule has 0 spiro atoms. The monoisotopic (exact) mass is 231 g/mol. The third-order valence-corrected chi connectivity index (χ3v) is 3.40. The van der Waals surface area contributed by atoms with Crippen LogP contribution in [0.25, 0.3) is 0 Å². The highest BCUT2D eigenvalue weighted by Crippen LogP contribution is 2.34. The smallest absolute Gasteiger partial charge is 0.144 e. The lowest BCUT2D eigenvalue weighted by Gasteiger charge is -2.25. The molecule has 0 saturated heterocycles. The van der Waals surface area contributed by atoms with Crippen molar-refractivity contribution >= 4 is 11.3 Å². The number of nitrogens with zero attached hydrogens (tertiary/aromatic N) is 1. The summed E-state index contributed by atoms with van der Waals surface area (Å²) in [6.07, 6.45) is 3.88. The minimum atomic E-state index is -1.04. The number of thiazole rings is 1. The quantitative estimate of drug-likeness (QED) is 0.821. The van der Waals surface area contributed by atoms with Crippen LogP contribution in [0, 0.1) is 0 Å². The van der Waals surface area contributed by atoms with Crippen LogP contribution in [0.15, 0.2) is 54.6 Å². The Morgan fingerprint density at radius 1 is 1.38 bits per heavy atom. The zero-order valence-electron chi connectivity index (χ0n) is 8.84. The fraction of sp³-hybridized carbons (Fsp3) is 0.154. The van der Waals surface area contributed by atoms with Gasteiger partial charge in [-0.05, 0) is 5.56 Å². The van der Waals surface area contributed by atoms with Crippen molar-refractivity contribution < 1.29 is 5.11 Å². The van der Waals surface area contributed by atoms with Gasteiger partial charge in [0.25, 0.3) is 0 Å². The summed E-state index contributed by atoms with van der Waals surface area (Å²) in [7, 11) is 0. The first kappa shape index (κ1) is 11.0. The highest BCUT2D eigenvalue weighted by Gasteiger charge is 2.32. The Kier molecular flexibility index (Phi) is 3.17. The SMILES string of the molecule is C=CC[C@@](O)(c1ccccc1)c1nccs1. The summed E-state index contributed by atoms with van der Waals surface area (Å²) in [4.78, 5) is 4.20. The molecule has 0 aliphatic heterocycles. The molecule has 2 aromatic rings. The molecular formula is C13H13NOS. The lowest BCUT2D eigenvalue weighted by atomic mass is 9.91. The molecule has 0 amide bonds. The topological polar surface area (TPSA) is 33.1 Å². The Labute approximate surface area is 98.9 Å². The predicted molar refractivity (Wildman–Crippen MR) is 66.4 cm³/mol. The molecule has 0 fully saturated rings. The van der Waals surface area contributed by atoms with Crippen LogP contribution in [0.2, 0.25) is 0 Å². The van der Waals surface area contributed by atoms with Gasteiger partial charge in [-0.2, -0.15) is 0 Å². The van der Waals surface area contributed by atoms with Crippen LogP contribution in [-0.2, 0) is 5.60 Å². The van der Waals surface area contributed by atoms with E-state index in [9.17, 15) is 5.11 Å². The second-order valence-corrected chi connectivity index (χ2v) is 4.45. The third-order valence-electron chi connectivity index (χ3n) is 2.48. The molecule has 1 atom stereocenters. The van der Waals surface area contributed by atoms with E-state index in [1.165, 1.54) is 11.3 Å². The van der Waals surface area contributed by atoms with Gasteiger partial charge < -0.3 is 5.11 Å². The number of hydrogen-bond acceptors (Lipinski definition) is 3. The van der Waals surface area contributed by atoms with E-state index in [2.05, 4.69) is 11.6 Å². The third kappa shape index (κ3) is 1.92. The van der Waals surface area contributed by atoms with Gasteiger partial charge in [-0.3, -0.25) is 0 Å². The fourth-order valence-corrected chi connectivity index (χ4v) is 2.45. The maximum absolute atomic E-state index is 10.7. The Bertz CT molecular complexity index is 452. The lowest BCUT2D eigenvalue weighted by Crippen LogP contribution is -2.26. The molecule has 1 N–H and O–H groups in total. The Balaban J connectivity index is 2.48. The van der Waals surface area contributed by atoms with E-state index < -0.39 is 5.60 Å². The summed E-state index contributed by atoms with van der Waals surface area (Å²) < 4.78 is 0. The maximum atomic E-state index is 10.7. The second-order valence-electron chi connectivity index (χ2n) is 3.56.